The first kappa shape index (κ1) is 24.0. The fraction of sp³-hybridized carbons (Fsp3) is 0.680. The number of carbonyl (C=O) groups excluding carboxylic acids is 2. The Bertz CT molecular complexity index is 848. The molecule has 2 N–H and O–H groups in total. The molecule has 1 aliphatic carbocycles. The molecule has 2 amide bonds. The van der Waals surface area contributed by atoms with Crippen molar-refractivity contribution in [3.63, 3.8) is 0 Å². The Kier molecular flexibility index (Phi) is 7.54. The lowest BCUT2D eigenvalue weighted by atomic mass is 9.89. The highest BCUT2D eigenvalue weighted by Crippen LogP contribution is 2.32. The van der Waals surface area contributed by atoms with Gasteiger partial charge in [0.25, 0.3) is 0 Å². The predicted molar refractivity (Wildman–Crippen MR) is 126 cm³/mol. The molecule has 1 saturated heterocycles. The van der Waals surface area contributed by atoms with Gasteiger partial charge in [-0.2, -0.15) is 0 Å². The van der Waals surface area contributed by atoms with Crippen LogP contribution in [0.1, 0.15) is 50.2 Å². The monoisotopic (exact) mass is 460 g/mol. The second kappa shape index (κ2) is 10.4. The zero-order valence-corrected chi connectivity index (χ0v) is 20.0. The van der Waals surface area contributed by atoms with Crippen LogP contribution >= 0.6 is 0 Å². The number of ether oxygens (including phenoxy) is 1. The lowest BCUT2D eigenvalue weighted by Gasteiger charge is -2.36. The Labute approximate surface area is 196 Å². The van der Waals surface area contributed by atoms with Crippen LogP contribution in [0, 0.1) is 12.7 Å². The Morgan fingerprint density at radius 1 is 1.30 bits per heavy atom. The Hall–Kier alpha value is -2.19. The molecule has 7 nitrogen and oxygen atoms in total. The van der Waals surface area contributed by atoms with Crippen molar-refractivity contribution in [1.29, 1.82) is 0 Å². The number of carbonyl (C=O) groups is 2. The summed E-state index contributed by atoms with van der Waals surface area (Å²) in [6, 6.07) is 3.58. The SMILES string of the molecule is COCCN(C(C)=O)C1CCN([C@H]2CCC[C@@H](NC(=O)C3Cc4c(F)ccc(C)c4N3)C2)C1. The van der Waals surface area contributed by atoms with Gasteiger partial charge < -0.3 is 20.3 Å². The van der Waals surface area contributed by atoms with Crippen molar-refractivity contribution in [3.8, 4) is 0 Å². The molecule has 8 heteroatoms. The highest BCUT2D eigenvalue weighted by atomic mass is 19.1. The van der Waals surface area contributed by atoms with Crippen LogP contribution in [0.4, 0.5) is 10.1 Å². The molecule has 2 unspecified atom stereocenters. The number of fused-ring (bicyclic) bond motifs is 1. The minimum atomic E-state index is -0.419. The number of halogens is 1. The molecule has 3 aliphatic rings. The largest absolute Gasteiger partial charge is 0.383 e. The second-order valence-corrected chi connectivity index (χ2v) is 9.79. The summed E-state index contributed by atoms with van der Waals surface area (Å²) in [5.74, 6) is -0.188. The molecular formula is C25H37FN4O3. The zero-order chi connectivity index (χ0) is 23.5. The maximum absolute atomic E-state index is 14.2. The molecule has 0 aromatic heterocycles. The summed E-state index contributed by atoms with van der Waals surface area (Å²) in [6.07, 6.45) is 5.45. The number of benzene rings is 1. The number of rotatable bonds is 7. The van der Waals surface area contributed by atoms with Crippen molar-refractivity contribution in [2.45, 2.75) is 76.5 Å². The number of hydrogen-bond donors (Lipinski definition) is 2. The minimum absolute atomic E-state index is 0.0442. The van der Waals surface area contributed by atoms with Crippen LogP contribution in [0.15, 0.2) is 12.1 Å². The predicted octanol–water partition coefficient (Wildman–Crippen LogP) is 2.47. The first-order valence-electron chi connectivity index (χ1n) is 12.2. The maximum Gasteiger partial charge on any atom is 0.243 e. The second-order valence-electron chi connectivity index (χ2n) is 9.79. The third-order valence-corrected chi connectivity index (χ3v) is 7.59. The minimum Gasteiger partial charge on any atom is -0.383 e. The van der Waals surface area contributed by atoms with Gasteiger partial charge in [-0.15, -0.1) is 0 Å². The molecule has 4 atom stereocenters. The Balaban J connectivity index is 1.30. The average molecular weight is 461 g/mol. The molecule has 182 valence electrons. The van der Waals surface area contributed by atoms with Gasteiger partial charge in [0.2, 0.25) is 11.8 Å². The van der Waals surface area contributed by atoms with E-state index < -0.39 is 6.04 Å². The van der Waals surface area contributed by atoms with Crippen LogP contribution in [0.2, 0.25) is 0 Å². The van der Waals surface area contributed by atoms with Gasteiger partial charge in [0.15, 0.2) is 0 Å². The van der Waals surface area contributed by atoms with Crippen LogP contribution in [0.25, 0.3) is 0 Å². The van der Waals surface area contributed by atoms with Crippen molar-refractivity contribution in [2.24, 2.45) is 0 Å². The number of amides is 2. The Morgan fingerprint density at radius 3 is 2.85 bits per heavy atom. The third kappa shape index (κ3) is 5.32. The lowest BCUT2D eigenvalue weighted by molar-refractivity contribution is -0.131. The molecule has 2 heterocycles. The van der Waals surface area contributed by atoms with E-state index in [-0.39, 0.29) is 29.7 Å². The quantitative estimate of drug-likeness (QED) is 0.654. The zero-order valence-electron chi connectivity index (χ0n) is 20.0. The number of likely N-dealkylation sites (tertiary alicyclic amines) is 1. The van der Waals surface area contributed by atoms with Gasteiger partial charge in [-0.25, -0.2) is 4.39 Å². The van der Waals surface area contributed by atoms with Crippen LogP contribution in [-0.2, 0) is 20.7 Å². The molecule has 2 fully saturated rings. The van der Waals surface area contributed by atoms with Crippen LogP contribution < -0.4 is 10.6 Å². The topological polar surface area (TPSA) is 73.9 Å². The molecule has 1 saturated carbocycles. The first-order valence-corrected chi connectivity index (χ1v) is 12.2. The van der Waals surface area contributed by atoms with E-state index in [1.54, 1.807) is 20.1 Å². The molecule has 4 rings (SSSR count). The molecule has 1 aromatic carbocycles. The van der Waals surface area contributed by atoms with E-state index in [1.165, 1.54) is 6.07 Å². The molecule has 1 aromatic rings. The van der Waals surface area contributed by atoms with Gasteiger partial charge in [0.05, 0.1) is 6.61 Å². The van der Waals surface area contributed by atoms with Gasteiger partial charge in [0, 0.05) is 69.5 Å². The molecule has 0 bridgehead atoms. The fourth-order valence-electron chi connectivity index (χ4n) is 5.80. The van der Waals surface area contributed by atoms with Gasteiger partial charge in [-0.3, -0.25) is 14.5 Å². The van der Waals surface area contributed by atoms with E-state index in [0.29, 0.717) is 31.2 Å². The van der Waals surface area contributed by atoms with Gasteiger partial charge >= 0.3 is 0 Å². The maximum atomic E-state index is 14.2. The van der Waals surface area contributed by atoms with Crippen molar-refractivity contribution in [2.75, 3.05) is 38.7 Å². The number of nitrogens with one attached hydrogen (secondary N) is 2. The number of anilines is 1. The van der Waals surface area contributed by atoms with Gasteiger partial charge in [0.1, 0.15) is 11.9 Å². The summed E-state index contributed by atoms with van der Waals surface area (Å²) in [7, 11) is 1.66. The van der Waals surface area contributed by atoms with Crippen LogP contribution in [0.5, 0.6) is 0 Å². The standard InChI is InChI=1S/C25H37FN4O3/c1-16-7-8-22(26)21-14-23(28-24(16)21)25(32)27-18-5-4-6-19(13-18)29-10-9-20(15-29)30(17(2)31)11-12-33-3/h7-8,18-20,23,28H,4-6,9-15H2,1-3H3,(H,27,32)/t18-,19+,20?,23?/m1/s1. The van der Waals surface area contributed by atoms with Crippen LogP contribution in [0.3, 0.4) is 0 Å². The van der Waals surface area contributed by atoms with Crippen molar-refractivity contribution < 1.29 is 18.7 Å². The normalized spacial score (nSPS) is 27.2. The van der Waals surface area contributed by atoms with E-state index in [1.807, 2.05) is 11.8 Å². The van der Waals surface area contributed by atoms with E-state index in [0.717, 1.165) is 56.4 Å². The number of aryl methyl sites for hydroxylation is 1. The highest BCUT2D eigenvalue weighted by Gasteiger charge is 2.36. The molecule has 33 heavy (non-hydrogen) atoms. The molecular weight excluding hydrogens is 423 g/mol. The third-order valence-electron chi connectivity index (χ3n) is 7.59. The van der Waals surface area contributed by atoms with E-state index in [4.69, 9.17) is 4.74 Å². The summed E-state index contributed by atoms with van der Waals surface area (Å²) in [5, 5.41) is 6.47. The lowest BCUT2D eigenvalue weighted by Crippen LogP contribution is -2.49. The number of methoxy groups -OCH3 is 1. The van der Waals surface area contributed by atoms with Gasteiger partial charge in [-0.05, 0) is 50.7 Å². The van der Waals surface area contributed by atoms with E-state index in [2.05, 4.69) is 15.5 Å². The van der Waals surface area contributed by atoms with Crippen molar-refractivity contribution in [3.05, 3.63) is 29.1 Å². The highest BCUT2D eigenvalue weighted by molar-refractivity contribution is 5.88. The first-order chi connectivity index (χ1) is 15.9. The average Bonchev–Trinajstić information content (AvgIpc) is 3.45. The smallest absolute Gasteiger partial charge is 0.243 e. The van der Waals surface area contributed by atoms with Crippen molar-refractivity contribution in [1.82, 2.24) is 15.1 Å². The molecule has 2 aliphatic heterocycles. The molecule has 0 radical (unpaired) electrons. The van der Waals surface area contributed by atoms with Crippen LogP contribution in [-0.4, -0.2) is 79.1 Å². The van der Waals surface area contributed by atoms with E-state index in [9.17, 15) is 14.0 Å². The van der Waals surface area contributed by atoms with Crippen molar-refractivity contribution >= 4 is 17.5 Å². The summed E-state index contributed by atoms with van der Waals surface area (Å²) < 4.78 is 19.4. The van der Waals surface area contributed by atoms with Gasteiger partial charge in [-0.1, -0.05) is 6.07 Å². The summed E-state index contributed by atoms with van der Waals surface area (Å²) >= 11 is 0. The number of nitrogens with zero attached hydrogens (tertiary/aromatic N) is 2. The fourth-order valence-corrected chi connectivity index (χ4v) is 5.80. The summed E-state index contributed by atoms with van der Waals surface area (Å²) in [6.45, 7) is 6.61. The number of hydrogen-bond acceptors (Lipinski definition) is 5. The molecule has 0 spiro atoms. The van der Waals surface area contributed by atoms with E-state index >= 15 is 0 Å². The summed E-state index contributed by atoms with van der Waals surface area (Å²) in [5.41, 5.74) is 2.35. The Morgan fingerprint density at radius 2 is 2.12 bits per heavy atom. The summed E-state index contributed by atoms with van der Waals surface area (Å²) in [4.78, 5) is 29.5.